The van der Waals surface area contributed by atoms with Crippen LogP contribution in [-0.2, 0) is 17.6 Å². The highest BCUT2D eigenvalue weighted by Crippen LogP contribution is 2.50. The molecule has 0 spiro atoms. The van der Waals surface area contributed by atoms with Crippen molar-refractivity contribution in [3.63, 3.8) is 0 Å². The van der Waals surface area contributed by atoms with Crippen LogP contribution in [0.2, 0.25) is 0 Å². The third-order valence-corrected chi connectivity index (χ3v) is 8.01. The summed E-state index contributed by atoms with van der Waals surface area (Å²) in [5, 5.41) is 23.8. The minimum Gasteiger partial charge on any atom is -0.384 e. The SMILES string of the molecule is CCC(O)(CCc1cncc(C(O)(c2ccc(C(C)C)cc2)C2(C)CN(C)C2)c1)c1cc(C)ncn1. The van der Waals surface area contributed by atoms with Gasteiger partial charge in [-0.1, -0.05) is 52.0 Å². The van der Waals surface area contributed by atoms with E-state index in [2.05, 4.69) is 78.0 Å². The predicted molar refractivity (Wildman–Crippen MR) is 143 cm³/mol. The van der Waals surface area contributed by atoms with E-state index >= 15 is 0 Å². The molecule has 192 valence electrons. The molecule has 0 saturated carbocycles. The minimum absolute atomic E-state index is 0.343. The number of nitrogens with zero attached hydrogens (tertiary/aromatic N) is 4. The van der Waals surface area contributed by atoms with Gasteiger partial charge in [-0.3, -0.25) is 4.98 Å². The zero-order valence-electron chi connectivity index (χ0n) is 22.5. The second-order valence-electron chi connectivity index (χ2n) is 11.2. The Balaban J connectivity index is 1.67. The highest BCUT2D eigenvalue weighted by Gasteiger charge is 2.55. The van der Waals surface area contributed by atoms with Gasteiger partial charge in [0.1, 0.15) is 17.5 Å². The van der Waals surface area contributed by atoms with E-state index in [-0.39, 0.29) is 5.41 Å². The fourth-order valence-corrected chi connectivity index (χ4v) is 5.72. The second-order valence-corrected chi connectivity index (χ2v) is 11.2. The van der Waals surface area contributed by atoms with Crippen molar-refractivity contribution in [2.75, 3.05) is 20.1 Å². The number of aryl methyl sites for hydroxylation is 2. The Morgan fingerprint density at radius 3 is 2.31 bits per heavy atom. The van der Waals surface area contributed by atoms with Gasteiger partial charge < -0.3 is 15.1 Å². The molecule has 1 aromatic carbocycles. The molecule has 0 aliphatic carbocycles. The summed E-state index contributed by atoms with van der Waals surface area (Å²) in [5.74, 6) is 0.429. The predicted octanol–water partition coefficient (Wildman–Crippen LogP) is 4.72. The topological polar surface area (TPSA) is 82.4 Å². The molecule has 2 aromatic heterocycles. The number of aliphatic hydroxyl groups is 2. The molecule has 2 N–H and O–H groups in total. The molecule has 6 heteroatoms. The van der Waals surface area contributed by atoms with Crippen LogP contribution in [0.3, 0.4) is 0 Å². The molecule has 0 radical (unpaired) electrons. The standard InChI is InChI=1S/C30H40N4O2/c1-7-29(35,27-14-22(4)32-20-33-27)13-12-23-15-26(17-31-16-23)30(36,28(5)18-34(6)19-28)25-10-8-24(9-11-25)21(2)3/h8-11,14-17,20-21,35-36H,7,12-13,18-19H2,1-6H3. The summed E-state index contributed by atoms with van der Waals surface area (Å²) >= 11 is 0. The van der Waals surface area contributed by atoms with E-state index in [0.29, 0.717) is 30.9 Å². The normalized spacial score (nSPS) is 18.9. The Labute approximate surface area is 215 Å². The molecule has 3 heterocycles. The first-order chi connectivity index (χ1) is 17.0. The van der Waals surface area contributed by atoms with Crippen LogP contribution in [0.15, 0.2) is 55.1 Å². The van der Waals surface area contributed by atoms with Gasteiger partial charge >= 0.3 is 0 Å². The molecule has 6 nitrogen and oxygen atoms in total. The van der Waals surface area contributed by atoms with Crippen molar-refractivity contribution in [1.29, 1.82) is 0 Å². The summed E-state index contributed by atoms with van der Waals surface area (Å²) in [6, 6.07) is 12.3. The highest BCUT2D eigenvalue weighted by molar-refractivity contribution is 5.42. The first-order valence-electron chi connectivity index (χ1n) is 13.0. The first kappa shape index (κ1) is 26.4. The molecular formula is C30H40N4O2. The van der Waals surface area contributed by atoms with Crippen molar-refractivity contribution in [2.24, 2.45) is 5.41 Å². The van der Waals surface area contributed by atoms with E-state index in [1.807, 2.05) is 26.1 Å². The number of pyridine rings is 1. The molecule has 2 unspecified atom stereocenters. The number of benzene rings is 1. The van der Waals surface area contributed by atoms with Crippen LogP contribution in [0.25, 0.3) is 0 Å². The van der Waals surface area contributed by atoms with E-state index in [9.17, 15) is 10.2 Å². The number of rotatable bonds is 9. The summed E-state index contributed by atoms with van der Waals surface area (Å²) in [4.78, 5) is 15.3. The van der Waals surface area contributed by atoms with Gasteiger partial charge in [-0.2, -0.15) is 0 Å². The monoisotopic (exact) mass is 488 g/mol. The molecule has 0 amide bonds. The average molecular weight is 489 g/mol. The lowest BCUT2D eigenvalue weighted by Gasteiger charge is -2.56. The van der Waals surface area contributed by atoms with E-state index in [1.54, 1.807) is 6.20 Å². The molecular weight excluding hydrogens is 448 g/mol. The maximum atomic E-state index is 12.5. The average Bonchev–Trinajstić information content (AvgIpc) is 2.86. The van der Waals surface area contributed by atoms with Gasteiger partial charge in [0.15, 0.2) is 0 Å². The van der Waals surface area contributed by atoms with Crippen molar-refractivity contribution >= 4 is 0 Å². The smallest absolute Gasteiger partial charge is 0.124 e. The van der Waals surface area contributed by atoms with Gasteiger partial charge in [0.2, 0.25) is 0 Å². The Hall–Kier alpha value is -2.67. The van der Waals surface area contributed by atoms with Gasteiger partial charge in [-0.05, 0) is 68.0 Å². The Bertz CT molecular complexity index is 1190. The molecule has 0 bridgehead atoms. The lowest BCUT2D eigenvalue weighted by molar-refractivity contribution is -0.127. The fraction of sp³-hybridized carbons (Fsp3) is 0.500. The third-order valence-electron chi connectivity index (χ3n) is 8.01. The van der Waals surface area contributed by atoms with Crippen molar-refractivity contribution in [3.8, 4) is 0 Å². The van der Waals surface area contributed by atoms with E-state index in [1.165, 1.54) is 11.9 Å². The zero-order valence-corrected chi connectivity index (χ0v) is 22.5. The highest BCUT2D eigenvalue weighted by atomic mass is 16.3. The van der Waals surface area contributed by atoms with Crippen molar-refractivity contribution < 1.29 is 10.2 Å². The lowest BCUT2D eigenvalue weighted by atomic mass is 9.62. The van der Waals surface area contributed by atoms with Crippen LogP contribution < -0.4 is 0 Å². The fourth-order valence-electron chi connectivity index (χ4n) is 5.72. The van der Waals surface area contributed by atoms with Crippen LogP contribution in [0.4, 0.5) is 0 Å². The van der Waals surface area contributed by atoms with E-state index in [0.717, 1.165) is 35.5 Å². The molecule has 4 rings (SSSR count). The summed E-state index contributed by atoms with van der Waals surface area (Å²) in [6.45, 7) is 12.0. The molecule has 36 heavy (non-hydrogen) atoms. The Kier molecular flexibility index (Phi) is 7.33. The molecule has 2 atom stereocenters. The maximum absolute atomic E-state index is 12.5. The second kappa shape index (κ2) is 10.0. The largest absolute Gasteiger partial charge is 0.384 e. The van der Waals surface area contributed by atoms with Crippen LogP contribution in [0.1, 0.15) is 80.1 Å². The van der Waals surface area contributed by atoms with Gasteiger partial charge in [0.25, 0.3) is 0 Å². The van der Waals surface area contributed by atoms with Gasteiger partial charge in [0.05, 0.1) is 5.69 Å². The maximum Gasteiger partial charge on any atom is 0.124 e. The summed E-state index contributed by atoms with van der Waals surface area (Å²) in [5.41, 5.74) is 2.84. The van der Waals surface area contributed by atoms with Crippen LogP contribution in [0, 0.1) is 12.3 Å². The molecule has 1 aliphatic rings. The Morgan fingerprint density at radius 1 is 1.03 bits per heavy atom. The number of aromatic nitrogens is 3. The van der Waals surface area contributed by atoms with Crippen LogP contribution >= 0.6 is 0 Å². The van der Waals surface area contributed by atoms with E-state index < -0.39 is 11.2 Å². The zero-order chi connectivity index (χ0) is 26.1. The first-order valence-corrected chi connectivity index (χ1v) is 13.0. The number of hydrogen-bond acceptors (Lipinski definition) is 6. The van der Waals surface area contributed by atoms with Crippen molar-refractivity contribution in [2.45, 2.75) is 71.0 Å². The third kappa shape index (κ3) is 4.82. The minimum atomic E-state index is -1.18. The number of hydrogen-bond donors (Lipinski definition) is 2. The van der Waals surface area contributed by atoms with Crippen LogP contribution in [0.5, 0.6) is 0 Å². The quantitative estimate of drug-likeness (QED) is 0.454. The molecule has 1 aliphatic heterocycles. The molecule has 1 fully saturated rings. The lowest BCUT2D eigenvalue weighted by Crippen LogP contribution is -2.63. The summed E-state index contributed by atoms with van der Waals surface area (Å²) in [7, 11) is 2.08. The van der Waals surface area contributed by atoms with Crippen molar-refractivity contribution in [1.82, 2.24) is 19.9 Å². The van der Waals surface area contributed by atoms with Gasteiger partial charge in [-0.15, -0.1) is 0 Å². The summed E-state index contributed by atoms with van der Waals surface area (Å²) in [6.07, 6.45) is 6.81. The van der Waals surface area contributed by atoms with Crippen molar-refractivity contribution in [3.05, 3.63) is 88.8 Å². The van der Waals surface area contributed by atoms with Crippen LogP contribution in [-0.4, -0.2) is 50.2 Å². The number of likely N-dealkylation sites (tertiary alicyclic amines) is 1. The van der Waals surface area contributed by atoms with Gasteiger partial charge in [0, 0.05) is 42.2 Å². The van der Waals surface area contributed by atoms with Gasteiger partial charge in [-0.25, -0.2) is 9.97 Å². The Morgan fingerprint density at radius 2 is 1.72 bits per heavy atom. The summed E-state index contributed by atoms with van der Waals surface area (Å²) < 4.78 is 0. The molecule has 3 aromatic rings. The molecule has 1 saturated heterocycles. The van der Waals surface area contributed by atoms with E-state index in [4.69, 9.17) is 0 Å².